The number of nitrogens with zero attached hydrogens (tertiary/aromatic N) is 1. The number of ether oxygens (including phenoxy) is 1. The van der Waals surface area contributed by atoms with Gasteiger partial charge in [-0.3, -0.25) is 0 Å². The first kappa shape index (κ1) is 18.0. The highest BCUT2D eigenvalue weighted by Crippen LogP contribution is 2.25. The van der Waals surface area contributed by atoms with Gasteiger partial charge in [-0.2, -0.15) is 4.31 Å². The van der Waals surface area contributed by atoms with E-state index in [-0.39, 0.29) is 11.9 Å². The van der Waals surface area contributed by atoms with Crippen LogP contribution in [0.15, 0.2) is 53.4 Å². The van der Waals surface area contributed by atoms with Crippen LogP contribution in [-0.4, -0.2) is 31.9 Å². The molecule has 0 atom stereocenters. The maximum atomic E-state index is 12.9. The predicted molar refractivity (Wildman–Crippen MR) is 94.3 cm³/mol. The molecule has 0 unspecified atom stereocenters. The summed E-state index contributed by atoms with van der Waals surface area (Å²) in [5, 5.41) is 0. The average molecular weight is 363 g/mol. The van der Waals surface area contributed by atoms with E-state index in [2.05, 4.69) is 13.8 Å². The number of benzene rings is 2. The summed E-state index contributed by atoms with van der Waals surface area (Å²) in [4.78, 5) is 0.314. The van der Waals surface area contributed by atoms with E-state index in [9.17, 15) is 12.8 Å². The highest BCUT2D eigenvalue weighted by atomic mass is 32.2. The molecule has 0 spiro atoms. The van der Waals surface area contributed by atoms with Crippen LogP contribution >= 0.6 is 0 Å². The molecule has 0 N–H and O–H groups in total. The highest BCUT2D eigenvalue weighted by molar-refractivity contribution is 7.89. The lowest BCUT2D eigenvalue weighted by atomic mass is 10.0. The minimum absolute atomic E-state index is 0.130. The SMILES string of the molecule is CC(C)c1ccc(S(=O)(=O)N2CC(OCc3ccc(F)cc3)C2)cc1. The molecule has 3 rings (SSSR count). The Balaban J connectivity index is 1.54. The Morgan fingerprint density at radius 3 is 2.24 bits per heavy atom. The van der Waals surface area contributed by atoms with Gasteiger partial charge in [-0.1, -0.05) is 38.1 Å². The van der Waals surface area contributed by atoms with Gasteiger partial charge in [0.15, 0.2) is 0 Å². The smallest absolute Gasteiger partial charge is 0.243 e. The molecular weight excluding hydrogens is 341 g/mol. The van der Waals surface area contributed by atoms with Crippen molar-refractivity contribution in [3.8, 4) is 0 Å². The van der Waals surface area contributed by atoms with Crippen molar-refractivity contribution >= 4 is 10.0 Å². The number of halogens is 1. The fourth-order valence-electron chi connectivity index (χ4n) is 2.67. The van der Waals surface area contributed by atoms with Crippen molar-refractivity contribution in [1.82, 2.24) is 4.31 Å². The lowest BCUT2D eigenvalue weighted by Gasteiger charge is -2.37. The zero-order valence-electron chi connectivity index (χ0n) is 14.4. The second kappa shape index (κ2) is 7.23. The van der Waals surface area contributed by atoms with Gasteiger partial charge in [0, 0.05) is 13.1 Å². The molecule has 0 aliphatic carbocycles. The first-order chi connectivity index (χ1) is 11.9. The van der Waals surface area contributed by atoms with Crippen LogP contribution in [0.5, 0.6) is 0 Å². The van der Waals surface area contributed by atoms with Gasteiger partial charge in [0.2, 0.25) is 10.0 Å². The molecular formula is C19H22FNO3S. The molecule has 0 radical (unpaired) electrons. The maximum Gasteiger partial charge on any atom is 0.243 e. The Labute approximate surface area is 148 Å². The second-order valence-corrected chi connectivity index (χ2v) is 8.54. The number of hydrogen-bond donors (Lipinski definition) is 0. The lowest BCUT2D eigenvalue weighted by Crippen LogP contribution is -2.54. The summed E-state index contributed by atoms with van der Waals surface area (Å²) in [6.45, 7) is 5.18. The van der Waals surface area contributed by atoms with Gasteiger partial charge < -0.3 is 4.74 Å². The van der Waals surface area contributed by atoms with Crippen molar-refractivity contribution < 1.29 is 17.5 Å². The maximum absolute atomic E-state index is 12.9. The quantitative estimate of drug-likeness (QED) is 0.789. The van der Waals surface area contributed by atoms with Gasteiger partial charge in [-0.25, -0.2) is 12.8 Å². The molecule has 1 aliphatic rings. The van der Waals surface area contributed by atoms with Crippen molar-refractivity contribution in [2.75, 3.05) is 13.1 Å². The van der Waals surface area contributed by atoms with Crippen molar-refractivity contribution in [2.45, 2.75) is 37.4 Å². The van der Waals surface area contributed by atoms with Crippen LogP contribution in [0.25, 0.3) is 0 Å². The minimum Gasteiger partial charge on any atom is -0.371 e. The molecule has 134 valence electrons. The van der Waals surface area contributed by atoms with E-state index in [0.29, 0.717) is 30.5 Å². The van der Waals surface area contributed by atoms with Crippen LogP contribution in [0, 0.1) is 5.82 Å². The standard InChI is InChI=1S/C19H22FNO3S/c1-14(2)16-5-9-19(10-6-16)25(22,23)21-11-18(12-21)24-13-15-3-7-17(20)8-4-15/h3-10,14,18H,11-13H2,1-2H3. The summed E-state index contributed by atoms with van der Waals surface area (Å²) in [5.74, 6) is 0.0816. The second-order valence-electron chi connectivity index (χ2n) is 6.61. The van der Waals surface area contributed by atoms with Crippen molar-refractivity contribution in [1.29, 1.82) is 0 Å². The lowest BCUT2D eigenvalue weighted by molar-refractivity contribution is -0.0295. The summed E-state index contributed by atoms with van der Waals surface area (Å²) in [5.41, 5.74) is 1.98. The van der Waals surface area contributed by atoms with E-state index < -0.39 is 10.0 Å². The van der Waals surface area contributed by atoms with Gasteiger partial charge in [0.25, 0.3) is 0 Å². The number of sulfonamides is 1. The minimum atomic E-state index is -3.46. The molecule has 0 bridgehead atoms. The van der Waals surface area contributed by atoms with Crippen LogP contribution in [0.3, 0.4) is 0 Å². The third kappa shape index (κ3) is 4.08. The van der Waals surface area contributed by atoms with E-state index in [1.54, 1.807) is 24.3 Å². The van der Waals surface area contributed by atoms with Crippen molar-refractivity contribution in [3.05, 3.63) is 65.5 Å². The van der Waals surface area contributed by atoms with Gasteiger partial charge in [-0.05, 0) is 41.3 Å². The Morgan fingerprint density at radius 1 is 1.08 bits per heavy atom. The van der Waals surface area contributed by atoms with E-state index in [0.717, 1.165) is 11.1 Å². The molecule has 1 fully saturated rings. The summed E-state index contributed by atoms with van der Waals surface area (Å²) >= 11 is 0. The summed E-state index contributed by atoms with van der Waals surface area (Å²) < 4.78 is 45.1. The highest BCUT2D eigenvalue weighted by Gasteiger charge is 2.37. The molecule has 1 heterocycles. The van der Waals surface area contributed by atoms with Crippen molar-refractivity contribution in [2.24, 2.45) is 0 Å². The van der Waals surface area contributed by atoms with Crippen LogP contribution in [-0.2, 0) is 21.4 Å². The van der Waals surface area contributed by atoms with Crippen LogP contribution < -0.4 is 0 Å². The van der Waals surface area contributed by atoms with E-state index in [1.165, 1.54) is 16.4 Å². The monoisotopic (exact) mass is 363 g/mol. The van der Waals surface area contributed by atoms with Gasteiger partial charge >= 0.3 is 0 Å². The zero-order chi connectivity index (χ0) is 18.0. The van der Waals surface area contributed by atoms with Crippen molar-refractivity contribution in [3.63, 3.8) is 0 Å². The number of hydrogen-bond acceptors (Lipinski definition) is 3. The molecule has 2 aromatic rings. The van der Waals surface area contributed by atoms with Crippen LogP contribution in [0.1, 0.15) is 30.9 Å². The Bertz CT molecular complexity index is 811. The Hall–Kier alpha value is -1.76. The zero-order valence-corrected chi connectivity index (χ0v) is 15.2. The third-order valence-electron chi connectivity index (χ3n) is 4.40. The van der Waals surface area contributed by atoms with Crippen LogP contribution in [0.2, 0.25) is 0 Å². The van der Waals surface area contributed by atoms with Gasteiger partial charge in [0.05, 0.1) is 17.6 Å². The first-order valence-electron chi connectivity index (χ1n) is 8.32. The molecule has 1 aliphatic heterocycles. The van der Waals surface area contributed by atoms with E-state index in [4.69, 9.17) is 4.74 Å². The molecule has 2 aromatic carbocycles. The fraction of sp³-hybridized carbons (Fsp3) is 0.368. The summed E-state index contributed by atoms with van der Waals surface area (Å²) in [6.07, 6.45) is -0.130. The largest absolute Gasteiger partial charge is 0.371 e. The molecule has 1 saturated heterocycles. The normalized spacial score (nSPS) is 16.2. The predicted octanol–water partition coefficient (Wildman–Crippen LogP) is 3.54. The Morgan fingerprint density at radius 2 is 1.68 bits per heavy atom. The average Bonchev–Trinajstić information content (AvgIpc) is 2.55. The summed E-state index contributed by atoms with van der Waals surface area (Å²) in [6, 6.07) is 13.2. The molecule has 0 aromatic heterocycles. The molecule has 4 nitrogen and oxygen atoms in total. The molecule has 0 saturated carbocycles. The van der Waals surface area contributed by atoms with Crippen LogP contribution in [0.4, 0.5) is 4.39 Å². The molecule has 6 heteroatoms. The van der Waals surface area contributed by atoms with Gasteiger partial charge in [-0.15, -0.1) is 0 Å². The molecule has 25 heavy (non-hydrogen) atoms. The van der Waals surface area contributed by atoms with E-state index >= 15 is 0 Å². The fourth-order valence-corrected chi connectivity index (χ4v) is 4.17. The Kier molecular flexibility index (Phi) is 5.22. The van der Waals surface area contributed by atoms with Gasteiger partial charge in [0.1, 0.15) is 5.82 Å². The first-order valence-corrected chi connectivity index (χ1v) is 9.76. The third-order valence-corrected chi connectivity index (χ3v) is 6.24. The topological polar surface area (TPSA) is 46.6 Å². The summed E-state index contributed by atoms with van der Waals surface area (Å²) in [7, 11) is -3.46. The number of rotatable bonds is 6. The molecule has 0 amide bonds. The van der Waals surface area contributed by atoms with E-state index in [1.807, 2.05) is 12.1 Å².